The molecule has 8 nitrogen and oxygen atoms in total. The SMILES string of the molecule is COCC(C)N(C(=O)C1CCC(C)CC1)c1cc(-c2ccc(NC(=O)c3cscn3)cc2)sc1C(=O)OC. The van der Waals surface area contributed by atoms with Crippen molar-refractivity contribution in [1.29, 1.82) is 0 Å². The van der Waals surface area contributed by atoms with E-state index in [2.05, 4.69) is 17.2 Å². The molecule has 2 heterocycles. The molecule has 1 saturated carbocycles. The molecular formula is C28H33N3O5S2. The number of thiazole rings is 1. The Morgan fingerprint density at radius 2 is 1.84 bits per heavy atom. The van der Waals surface area contributed by atoms with Gasteiger partial charge in [0.25, 0.3) is 5.91 Å². The Morgan fingerprint density at radius 1 is 1.13 bits per heavy atom. The average molecular weight is 556 g/mol. The van der Waals surface area contributed by atoms with E-state index in [-0.39, 0.29) is 23.8 Å². The lowest BCUT2D eigenvalue weighted by atomic mass is 9.82. The number of thiophene rings is 1. The number of carbonyl (C=O) groups excluding carboxylic acids is 3. The summed E-state index contributed by atoms with van der Waals surface area (Å²) in [7, 11) is 2.95. The fourth-order valence-electron chi connectivity index (χ4n) is 4.77. The number of rotatable bonds is 9. The molecule has 1 aliphatic carbocycles. The van der Waals surface area contributed by atoms with Crippen LogP contribution in [0.15, 0.2) is 41.2 Å². The number of methoxy groups -OCH3 is 2. The predicted octanol–water partition coefficient (Wildman–Crippen LogP) is 6.10. The fourth-order valence-corrected chi connectivity index (χ4v) is 6.38. The van der Waals surface area contributed by atoms with Crippen LogP contribution in [0.4, 0.5) is 11.4 Å². The molecule has 0 saturated heterocycles. The summed E-state index contributed by atoms with van der Waals surface area (Å²) in [4.78, 5) is 46.0. The maximum atomic E-state index is 13.9. The van der Waals surface area contributed by atoms with Crippen molar-refractivity contribution in [2.45, 2.75) is 45.6 Å². The van der Waals surface area contributed by atoms with Crippen LogP contribution in [0.25, 0.3) is 10.4 Å². The Hall–Kier alpha value is -3.08. The minimum atomic E-state index is -0.483. The van der Waals surface area contributed by atoms with Crippen LogP contribution in [0, 0.1) is 11.8 Å². The van der Waals surface area contributed by atoms with Crippen molar-refractivity contribution in [2.24, 2.45) is 11.8 Å². The molecule has 1 unspecified atom stereocenters. The molecule has 2 amide bonds. The van der Waals surface area contributed by atoms with Gasteiger partial charge in [0, 0.05) is 29.0 Å². The van der Waals surface area contributed by atoms with Crippen LogP contribution in [0.5, 0.6) is 0 Å². The van der Waals surface area contributed by atoms with Gasteiger partial charge in [-0.1, -0.05) is 19.1 Å². The number of nitrogens with zero attached hydrogens (tertiary/aromatic N) is 2. The first kappa shape index (κ1) is 27.9. The lowest BCUT2D eigenvalue weighted by Crippen LogP contribution is -2.45. The van der Waals surface area contributed by atoms with Crippen molar-refractivity contribution in [1.82, 2.24) is 4.98 Å². The summed E-state index contributed by atoms with van der Waals surface area (Å²) in [5.74, 6) is -0.195. The van der Waals surface area contributed by atoms with E-state index in [0.717, 1.165) is 36.1 Å². The Kier molecular flexibility index (Phi) is 9.30. The summed E-state index contributed by atoms with van der Waals surface area (Å²) in [6, 6.07) is 8.98. The first-order valence-electron chi connectivity index (χ1n) is 12.7. The minimum Gasteiger partial charge on any atom is -0.465 e. The van der Waals surface area contributed by atoms with Gasteiger partial charge in [-0.15, -0.1) is 22.7 Å². The number of ether oxygens (including phenoxy) is 2. The summed E-state index contributed by atoms with van der Waals surface area (Å²) in [5, 5.41) is 4.53. The molecular weight excluding hydrogens is 522 g/mol. The molecule has 1 atom stereocenters. The Balaban J connectivity index is 1.65. The molecule has 1 aliphatic rings. The second-order valence-corrected chi connectivity index (χ2v) is 11.5. The Labute approximate surface area is 231 Å². The summed E-state index contributed by atoms with van der Waals surface area (Å²) in [6.07, 6.45) is 3.73. The number of anilines is 2. The molecule has 202 valence electrons. The molecule has 4 rings (SSSR count). The van der Waals surface area contributed by atoms with Gasteiger partial charge < -0.3 is 19.7 Å². The highest BCUT2D eigenvalue weighted by Gasteiger charge is 2.35. The van der Waals surface area contributed by atoms with Crippen LogP contribution in [-0.4, -0.2) is 49.6 Å². The molecule has 0 spiro atoms. The number of hydrogen-bond donors (Lipinski definition) is 1. The van der Waals surface area contributed by atoms with E-state index >= 15 is 0 Å². The normalized spacial score (nSPS) is 18.0. The van der Waals surface area contributed by atoms with Gasteiger partial charge in [0.05, 0.1) is 31.0 Å². The topological polar surface area (TPSA) is 97.8 Å². The zero-order chi connectivity index (χ0) is 27.2. The highest BCUT2D eigenvalue weighted by molar-refractivity contribution is 7.18. The summed E-state index contributed by atoms with van der Waals surface area (Å²) >= 11 is 2.65. The van der Waals surface area contributed by atoms with Gasteiger partial charge in [0.15, 0.2) is 0 Å². The van der Waals surface area contributed by atoms with E-state index < -0.39 is 5.97 Å². The molecule has 10 heteroatoms. The maximum Gasteiger partial charge on any atom is 0.350 e. The zero-order valence-corrected chi connectivity index (χ0v) is 23.7. The van der Waals surface area contributed by atoms with E-state index in [0.29, 0.717) is 34.5 Å². The van der Waals surface area contributed by atoms with Crippen LogP contribution < -0.4 is 10.2 Å². The monoisotopic (exact) mass is 555 g/mol. The van der Waals surface area contributed by atoms with Crippen molar-refractivity contribution < 1.29 is 23.9 Å². The van der Waals surface area contributed by atoms with E-state index in [9.17, 15) is 14.4 Å². The summed E-state index contributed by atoms with van der Waals surface area (Å²) in [6.45, 7) is 4.50. The van der Waals surface area contributed by atoms with E-state index in [4.69, 9.17) is 9.47 Å². The molecule has 1 fully saturated rings. The standard InChI is InChI=1S/C28H33N3O5S2/c1-17-5-7-20(8-6-17)27(33)31(18(2)14-35-3)23-13-24(38-25(23)28(34)36-4)19-9-11-21(12-10-19)30-26(32)22-15-37-16-29-22/h9-13,15-18,20H,5-8,14H2,1-4H3,(H,30,32). The quantitative estimate of drug-likeness (QED) is 0.320. The highest BCUT2D eigenvalue weighted by atomic mass is 32.1. The fraction of sp³-hybridized carbons (Fsp3) is 0.429. The average Bonchev–Trinajstić information content (AvgIpc) is 3.61. The van der Waals surface area contributed by atoms with Gasteiger partial charge in [0.2, 0.25) is 5.91 Å². The highest BCUT2D eigenvalue weighted by Crippen LogP contribution is 2.40. The number of amides is 2. The van der Waals surface area contributed by atoms with E-state index in [1.165, 1.54) is 29.8 Å². The van der Waals surface area contributed by atoms with E-state index in [1.807, 2.05) is 25.1 Å². The molecule has 0 bridgehead atoms. The number of carbonyl (C=O) groups is 3. The number of nitrogens with one attached hydrogen (secondary N) is 1. The molecule has 3 aromatic rings. The van der Waals surface area contributed by atoms with Crippen LogP contribution in [-0.2, 0) is 14.3 Å². The van der Waals surface area contributed by atoms with Gasteiger partial charge in [-0.05, 0) is 62.3 Å². The number of aromatic nitrogens is 1. The number of esters is 1. The van der Waals surface area contributed by atoms with Gasteiger partial charge in [-0.3, -0.25) is 9.59 Å². The van der Waals surface area contributed by atoms with Gasteiger partial charge in [0.1, 0.15) is 10.6 Å². The Morgan fingerprint density at radius 3 is 2.45 bits per heavy atom. The van der Waals surface area contributed by atoms with Crippen molar-refractivity contribution >= 4 is 51.8 Å². The summed E-state index contributed by atoms with van der Waals surface area (Å²) in [5.41, 5.74) is 4.02. The molecule has 1 aromatic carbocycles. The lowest BCUT2D eigenvalue weighted by Gasteiger charge is -2.34. The van der Waals surface area contributed by atoms with Crippen molar-refractivity contribution in [3.05, 3.63) is 51.8 Å². The van der Waals surface area contributed by atoms with Crippen LogP contribution in [0.1, 0.15) is 59.7 Å². The maximum absolute atomic E-state index is 13.9. The van der Waals surface area contributed by atoms with Crippen LogP contribution >= 0.6 is 22.7 Å². The van der Waals surface area contributed by atoms with E-state index in [1.54, 1.807) is 35.0 Å². The van der Waals surface area contributed by atoms with Gasteiger partial charge in [-0.2, -0.15) is 0 Å². The minimum absolute atomic E-state index is 0.0241. The predicted molar refractivity (Wildman–Crippen MR) is 151 cm³/mol. The third-order valence-electron chi connectivity index (χ3n) is 6.89. The third-order valence-corrected chi connectivity index (χ3v) is 8.63. The van der Waals surface area contributed by atoms with Gasteiger partial charge in [-0.25, -0.2) is 9.78 Å². The molecule has 38 heavy (non-hydrogen) atoms. The third kappa shape index (κ3) is 6.31. The van der Waals surface area contributed by atoms with Crippen LogP contribution in [0.3, 0.4) is 0 Å². The number of hydrogen-bond acceptors (Lipinski definition) is 8. The molecule has 2 aromatic heterocycles. The molecule has 1 N–H and O–H groups in total. The van der Waals surface area contributed by atoms with Gasteiger partial charge >= 0.3 is 5.97 Å². The van der Waals surface area contributed by atoms with Crippen molar-refractivity contribution in [3.63, 3.8) is 0 Å². The molecule has 0 aliphatic heterocycles. The Bertz CT molecular complexity index is 1250. The molecule has 0 radical (unpaired) electrons. The smallest absolute Gasteiger partial charge is 0.350 e. The lowest BCUT2D eigenvalue weighted by molar-refractivity contribution is -0.124. The first-order chi connectivity index (χ1) is 18.3. The second kappa shape index (κ2) is 12.6. The zero-order valence-electron chi connectivity index (χ0n) is 22.1. The largest absolute Gasteiger partial charge is 0.465 e. The summed E-state index contributed by atoms with van der Waals surface area (Å²) < 4.78 is 10.5. The van der Waals surface area contributed by atoms with Crippen molar-refractivity contribution in [3.8, 4) is 10.4 Å². The van der Waals surface area contributed by atoms with Crippen LogP contribution in [0.2, 0.25) is 0 Å². The first-order valence-corrected chi connectivity index (χ1v) is 14.4. The van der Waals surface area contributed by atoms with Crippen molar-refractivity contribution in [2.75, 3.05) is 31.0 Å². The second-order valence-electron chi connectivity index (χ2n) is 9.69. The number of benzene rings is 1.